The fourth-order valence-electron chi connectivity index (χ4n) is 2.08. The number of hydrogen-bond donors (Lipinski definition) is 3. The maximum Gasteiger partial charge on any atom is 0.409 e. The molecule has 0 heterocycles. The molecule has 0 aromatic heterocycles. The number of nitrogens with zero attached hydrogens (tertiary/aromatic N) is 1. The van der Waals surface area contributed by atoms with Crippen molar-refractivity contribution in [1.82, 2.24) is 10.6 Å². The van der Waals surface area contributed by atoms with Gasteiger partial charge in [-0.15, -0.1) is 0 Å². The average molecular weight is 478 g/mol. The van der Waals surface area contributed by atoms with E-state index in [9.17, 15) is 14.9 Å². The highest BCUT2D eigenvalue weighted by Crippen LogP contribution is 2.29. The third-order valence-electron chi connectivity index (χ3n) is 3.39. The van der Waals surface area contributed by atoms with Crippen molar-refractivity contribution in [2.45, 2.75) is 16.6 Å². The van der Waals surface area contributed by atoms with E-state index in [2.05, 4.69) is 16.0 Å². The molecule has 154 valence electrons. The van der Waals surface area contributed by atoms with E-state index in [-0.39, 0.29) is 17.4 Å². The summed E-state index contributed by atoms with van der Waals surface area (Å²) < 4.78 is 3.12. The Labute approximate surface area is 186 Å². The van der Waals surface area contributed by atoms with Crippen LogP contribution in [0.15, 0.2) is 54.6 Å². The standard InChI is InChI=1S/C17H15Cl3N4O4S/c18-17(19,20)14(23-16(25)28-10-11-5-2-1-3-6-11)22-15(29)21-12-7-4-8-13(9-12)24(26)27/h1-9,14H,10H2,(H,23,25)(H2,21,22,29)/t14-/m0/s1. The molecule has 0 aliphatic rings. The summed E-state index contributed by atoms with van der Waals surface area (Å²) >= 11 is 22.8. The zero-order chi connectivity index (χ0) is 21.4. The monoisotopic (exact) mass is 476 g/mol. The van der Waals surface area contributed by atoms with Crippen molar-refractivity contribution in [3.8, 4) is 0 Å². The van der Waals surface area contributed by atoms with Gasteiger partial charge in [-0.25, -0.2) is 4.79 Å². The average Bonchev–Trinajstić information content (AvgIpc) is 2.66. The minimum absolute atomic E-state index is 0.0234. The molecule has 3 N–H and O–H groups in total. The molecule has 0 bridgehead atoms. The van der Waals surface area contributed by atoms with Gasteiger partial charge in [0.05, 0.1) is 4.92 Å². The largest absolute Gasteiger partial charge is 0.445 e. The molecule has 1 atom stereocenters. The van der Waals surface area contributed by atoms with Crippen LogP contribution in [-0.4, -0.2) is 26.1 Å². The number of benzene rings is 2. The van der Waals surface area contributed by atoms with Crippen LogP contribution in [-0.2, 0) is 11.3 Å². The van der Waals surface area contributed by atoms with Crippen molar-refractivity contribution in [3.05, 3.63) is 70.3 Å². The second kappa shape index (κ2) is 10.4. The van der Waals surface area contributed by atoms with E-state index < -0.39 is 21.0 Å². The van der Waals surface area contributed by atoms with Crippen molar-refractivity contribution < 1.29 is 14.5 Å². The normalized spacial score (nSPS) is 11.8. The van der Waals surface area contributed by atoms with Crippen LogP contribution in [0.25, 0.3) is 0 Å². The quantitative estimate of drug-likeness (QED) is 0.185. The first-order valence-corrected chi connectivity index (χ1v) is 9.55. The fraction of sp³-hybridized carbons (Fsp3) is 0.176. The van der Waals surface area contributed by atoms with Crippen molar-refractivity contribution in [2.75, 3.05) is 5.32 Å². The molecule has 0 saturated heterocycles. The number of rotatable bonds is 6. The Kier molecular flexibility index (Phi) is 8.27. The number of alkyl halides is 3. The van der Waals surface area contributed by atoms with E-state index in [0.717, 1.165) is 5.56 Å². The molecular weight excluding hydrogens is 463 g/mol. The summed E-state index contributed by atoms with van der Waals surface area (Å²) in [5.74, 6) is 0. The van der Waals surface area contributed by atoms with Gasteiger partial charge in [0.2, 0.25) is 3.79 Å². The van der Waals surface area contributed by atoms with Crippen LogP contribution in [0.1, 0.15) is 5.56 Å². The van der Waals surface area contributed by atoms with Crippen molar-refractivity contribution in [2.24, 2.45) is 0 Å². The van der Waals surface area contributed by atoms with Gasteiger partial charge in [0, 0.05) is 17.8 Å². The maximum atomic E-state index is 12.0. The van der Waals surface area contributed by atoms with Gasteiger partial charge >= 0.3 is 6.09 Å². The van der Waals surface area contributed by atoms with Gasteiger partial charge in [0.15, 0.2) is 11.3 Å². The molecule has 2 aromatic carbocycles. The van der Waals surface area contributed by atoms with E-state index in [1.807, 2.05) is 6.07 Å². The molecule has 0 aliphatic carbocycles. The summed E-state index contributed by atoms with van der Waals surface area (Å²) in [7, 11) is 0. The molecule has 0 unspecified atom stereocenters. The van der Waals surface area contributed by atoms with Gasteiger partial charge in [-0.05, 0) is 23.8 Å². The molecule has 0 spiro atoms. The summed E-state index contributed by atoms with van der Waals surface area (Å²) in [6.07, 6.45) is -2.08. The lowest BCUT2D eigenvalue weighted by Crippen LogP contribution is -2.56. The Hall–Kier alpha value is -2.33. The van der Waals surface area contributed by atoms with Crippen LogP contribution >= 0.6 is 47.0 Å². The van der Waals surface area contributed by atoms with Crippen LogP contribution in [0.5, 0.6) is 0 Å². The zero-order valence-electron chi connectivity index (χ0n) is 14.6. The Morgan fingerprint density at radius 1 is 1.14 bits per heavy atom. The number of carbonyl (C=O) groups excluding carboxylic acids is 1. The summed E-state index contributed by atoms with van der Waals surface area (Å²) in [4.78, 5) is 22.3. The number of ether oxygens (including phenoxy) is 1. The highest BCUT2D eigenvalue weighted by Gasteiger charge is 2.35. The fourth-order valence-corrected chi connectivity index (χ4v) is 2.64. The number of carbonyl (C=O) groups is 1. The smallest absolute Gasteiger partial charge is 0.409 e. The van der Waals surface area contributed by atoms with Crippen LogP contribution in [0.3, 0.4) is 0 Å². The number of nitrogens with one attached hydrogen (secondary N) is 3. The molecule has 1 amide bonds. The lowest BCUT2D eigenvalue weighted by molar-refractivity contribution is -0.384. The summed E-state index contributed by atoms with van der Waals surface area (Å²) in [6.45, 7) is 0.0234. The molecular formula is C17H15Cl3N4O4S. The van der Waals surface area contributed by atoms with Crippen LogP contribution < -0.4 is 16.0 Å². The SMILES string of the molecule is O=C(N[C@H](NC(=S)Nc1cccc([N+](=O)[O-])c1)C(Cl)(Cl)Cl)OCc1ccccc1. The predicted octanol–water partition coefficient (Wildman–Crippen LogP) is 4.50. The Morgan fingerprint density at radius 2 is 1.83 bits per heavy atom. The number of nitro benzene ring substituents is 1. The minimum Gasteiger partial charge on any atom is -0.445 e. The van der Waals surface area contributed by atoms with E-state index >= 15 is 0 Å². The molecule has 0 aliphatic heterocycles. The molecule has 0 saturated carbocycles. The Morgan fingerprint density at radius 3 is 2.45 bits per heavy atom. The molecule has 2 aromatic rings. The minimum atomic E-state index is -1.97. The maximum absolute atomic E-state index is 12.0. The number of alkyl carbamates (subject to hydrolysis) is 1. The molecule has 0 fully saturated rings. The number of anilines is 1. The van der Waals surface area contributed by atoms with Crippen LogP contribution in [0, 0.1) is 10.1 Å². The topological polar surface area (TPSA) is 106 Å². The Bertz CT molecular complexity index is 880. The number of halogens is 3. The molecule has 8 nitrogen and oxygen atoms in total. The van der Waals surface area contributed by atoms with Crippen molar-refractivity contribution in [1.29, 1.82) is 0 Å². The van der Waals surface area contributed by atoms with Crippen molar-refractivity contribution >= 4 is 69.6 Å². The van der Waals surface area contributed by atoms with E-state index in [1.54, 1.807) is 30.3 Å². The summed E-state index contributed by atoms with van der Waals surface area (Å²) in [6, 6.07) is 14.7. The first kappa shape index (κ1) is 23.0. The number of non-ortho nitro benzene ring substituents is 1. The van der Waals surface area contributed by atoms with Gasteiger partial charge < -0.3 is 15.4 Å². The number of hydrogen-bond acceptors (Lipinski definition) is 5. The third kappa shape index (κ3) is 7.90. The first-order chi connectivity index (χ1) is 13.6. The second-order valence-corrected chi connectivity index (χ2v) is 8.36. The van der Waals surface area contributed by atoms with E-state index in [0.29, 0.717) is 5.69 Å². The highest BCUT2D eigenvalue weighted by atomic mass is 35.6. The number of nitro groups is 1. The molecule has 2 rings (SSSR count). The number of amides is 1. The van der Waals surface area contributed by atoms with Crippen LogP contribution in [0.2, 0.25) is 0 Å². The predicted molar refractivity (Wildman–Crippen MR) is 116 cm³/mol. The lowest BCUT2D eigenvalue weighted by Gasteiger charge is -2.27. The molecule has 29 heavy (non-hydrogen) atoms. The second-order valence-electron chi connectivity index (χ2n) is 5.59. The molecule has 0 radical (unpaired) electrons. The van der Waals surface area contributed by atoms with E-state index in [1.165, 1.54) is 18.2 Å². The van der Waals surface area contributed by atoms with Gasteiger partial charge in [-0.2, -0.15) is 0 Å². The first-order valence-electron chi connectivity index (χ1n) is 8.01. The van der Waals surface area contributed by atoms with Gasteiger partial charge in [-0.1, -0.05) is 71.2 Å². The highest BCUT2D eigenvalue weighted by molar-refractivity contribution is 7.80. The van der Waals surface area contributed by atoms with E-state index in [4.69, 9.17) is 51.8 Å². The lowest BCUT2D eigenvalue weighted by atomic mass is 10.2. The summed E-state index contributed by atoms with van der Waals surface area (Å²) in [5.41, 5.74) is 0.994. The van der Waals surface area contributed by atoms with Gasteiger partial charge in [0.1, 0.15) is 6.61 Å². The van der Waals surface area contributed by atoms with Gasteiger partial charge in [-0.3, -0.25) is 15.4 Å². The zero-order valence-corrected chi connectivity index (χ0v) is 17.7. The summed E-state index contributed by atoms with van der Waals surface area (Å²) in [5, 5.41) is 18.5. The Balaban J connectivity index is 1.95. The third-order valence-corrected chi connectivity index (χ3v) is 4.27. The number of thiocarbonyl (C=S) groups is 1. The molecule has 12 heteroatoms. The van der Waals surface area contributed by atoms with Crippen molar-refractivity contribution in [3.63, 3.8) is 0 Å². The van der Waals surface area contributed by atoms with Crippen LogP contribution in [0.4, 0.5) is 16.2 Å². The van der Waals surface area contributed by atoms with Gasteiger partial charge in [0.25, 0.3) is 5.69 Å².